The highest BCUT2D eigenvalue weighted by molar-refractivity contribution is 5.74. The summed E-state index contributed by atoms with van der Waals surface area (Å²) in [6, 6.07) is 17.6. The molecule has 5 heteroatoms. The van der Waals surface area contributed by atoms with Gasteiger partial charge in [0.25, 0.3) is 0 Å². The minimum absolute atomic E-state index is 0.228. The Labute approximate surface area is 155 Å². The van der Waals surface area contributed by atoms with Gasteiger partial charge in [0, 0.05) is 31.7 Å². The van der Waals surface area contributed by atoms with Gasteiger partial charge < -0.3 is 20.6 Å². The molecule has 0 aromatic heterocycles. The Kier molecular flexibility index (Phi) is 6.12. The van der Waals surface area contributed by atoms with Gasteiger partial charge in [0.15, 0.2) is 0 Å². The fourth-order valence-electron chi connectivity index (χ4n) is 3.52. The second-order valence-corrected chi connectivity index (χ2v) is 6.62. The number of fused-ring (bicyclic) bond motifs is 1. The van der Waals surface area contributed by atoms with Crippen molar-refractivity contribution in [2.45, 2.75) is 31.9 Å². The van der Waals surface area contributed by atoms with Crippen molar-refractivity contribution in [3.8, 4) is 0 Å². The van der Waals surface area contributed by atoms with Crippen LogP contribution in [-0.2, 0) is 6.42 Å². The molecule has 0 saturated carbocycles. The average Bonchev–Trinajstić information content (AvgIpc) is 2.98. The van der Waals surface area contributed by atoms with Gasteiger partial charge in [0.05, 0.1) is 12.1 Å². The molecule has 2 atom stereocenters. The minimum Gasteiger partial charge on any atom is -0.390 e. The van der Waals surface area contributed by atoms with E-state index in [0.29, 0.717) is 13.0 Å². The molecular formula is C21H27N3O2. The molecule has 0 spiro atoms. The van der Waals surface area contributed by atoms with Gasteiger partial charge in [-0.3, -0.25) is 0 Å². The van der Waals surface area contributed by atoms with Crippen LogP contribution in [-0.4, -0.2) is 36.9 Å². The molecule has 138 valence electrons. The Hall–Kier alpha value is -2.53. The Morgan fingerprint density at radius 3 is 2.65 bits per heavy atom. The van der Waals surface area contributed by atoms with E-state index in [1.54, 1.807) is 0 Å². The summed E-state index contributed by atoms with van der Waals surface area (Å²) in [6.07, 6.45) is 0.885. The fraction of sp³-hybridized carbons (Fsp3) is 0.381. The second-order valence-electron chi connectivity index (χ2n) is 6.62. The molecule has 2 aromatic carbocycles. The Morgan fingerprint density at radius 2 is 1.88 bits per heavy atom. The summed E-state index contributed by atoms with van der Waals surface area (Å²) in [5.74, 6) is 0. The molecule has 0 bridgehead atoms. The summed E-state index contributed by atoms with van der Waals surface area (Å²) in [7, 11) is 0. The Bertz CT molecular complexity index is 720. The van der Waals surface area contributed by atoms with Crippen LogP contribution in [0.2, 0.25) is 0 Å². The van der Waals surface area contributed by atoms with Crippen molar-refractivity contribution in [2.75, 3.05) is 24.5 Å². The SMILES string of the molecule is CCN(CCCNC(=O)NC1c2ccccc2CC1O)c1ccccc1. The molecular weight excluding hydrogens is 326 g/mol. The quantitative estimate of drug-likeness (QED) is 0.671. The highest BCUT2D eigenvalue weighted by atomic mass is 16.3. The Morgan fingerprint density at radius 1 is 1.15 bits per heavy atom. The van der Waals surface area contributed by atoms with E-state index >= 15 is 0 Å². The molecule has 0 heterocycles. The normalized spacial score (nSPS) is 18.2. The summed E-state index contributed by atoms with van der Waals surface area (Å²) < 4.78 is 0. The maximum absolute atomic E-state index is 12.2. The third-order valence-electron chi connectivity index (χ3n) is 4.88. The number of hydrogen-bond acceptors (Lipinski definition) is 3. The maximum Gasteiger partial charge on any atom is 0.315 e. The van der Waals surface area contributed by atoms with Crippen molar-refractivity contribution in [1.29, 1.82) is 0 Å². The summed E-state index contributed by atoms with van der Waals surface area (Å²) in [4.78, 5) is 14.5. The fourth-order valence-corrected chi connectivity index (χ4v) is 3.52. The minimum atomic E-state index is -0.563. The number of aliphatic hydroxyl groups is 1. The van der Waals surface area contributed by atoms with Gasteiger partial charge in [-0.15, -0.1) is 0 Å². The van der Waals surface area contributed by atoms with Crippen molar-refractivity contribution < 1.29 is 9.90 Å². The molecule has 0 saturated heterocycles. The van der Waals surface area contributed by atoms with Crippen LogP contribution in [0, 0.1) is 0 Å². The van der Waals surface area contributed by atoms with E-state index in [9.17, 15) is 9.90 Å². The zero-order valence-electron chi connectivity index (χ0n) is 15.2. The molecule has 3 rings (SSSR count). The van der Waals surface area contributed by atoms with Crippen LogP contribution in [0.5, 0.6) is 0 Å². The van der Waals surface area contributed by atoms with Crippen LogP contribution in [0.4, 0.5) is 10.5 Å². The number of benzene rings is 2. The number of hydrogen-bond donors (Lipinski definition) is 3. The van der Waals surface area contributed by atoms with E-state index < -0.39 is 6.10 Å². The molecule has 1 aliphatic rings. The van der Waals surface area contributed by atoms with Crippen LogP contribution in [0.3, 0.4) is 0 Å². The van der Waals surface area contributed by atoms with Crippen LogP contribution in [0.1, 0.15) is 30.5 Å². The van der Waals surface area contributed by atoms with E-state index in [4.69, 9.17) is 0 Å². The van der Waals surface area contributed by atoms with E-state index in [1.165, 1.54) is 5.69 Å². The largest absolute Gasteiger partial charge is 0.390 e. The molecule has 0 aliphatic heterocycles. The average molecular weight is 353 g/mol. The monoisotopic (exact) mass is 353 g/mol. The number of amides is 2. The topological polar surface area (TPSA) is 64.6 Å². The van der Waals surface area contributed by atoms with E-state index in [2.05, 4.69) is 34.6 Å². The van der Waals surface area contributed by atoms with E-state index in [0.717, 1.165) is 30.6 Å². The molecule has 1 aliphatic carbocycles. The van der Waals surface area contributed by atoms with E-state index in [-0.39, 0.29) is 12.1 Å². The lowest BCUT2D eigenvalue weighted by Crippen LogP contribution is -2.41. The summed E-state index contributed by atoms with van der Waals surface area (Å²) in [6.45, 7) is 4.54. The molecule has 2 unspecified atom stereocenters. The standard InChI is InChI=1S/C21H27N3O2/c1-2-24(17-10-4-3-5-11-17)14-8-13-22-21(26)23-20-18-12-7-6-9-16(18)15-19(20)25/h3-7,9-12,19-20,25H,2,8,13-15H2,1H3,(H2,22,23,26). The Balaban J connectivity index is 1.43. The lowest BCUT2D eigenvalue weighted by molar-refractivity contribution is 0.142. The van der Waals surface area contributed by atoms with Crippen LogP contribution < -0.4 is 15.5 Å². The number of aliphatic hydroxyl groups excluding tert-OH is 1. The number of rotatable bonds is 7. The van der Waals surface area contributed by atoms with Crippen molar-refractivity contribution in [3.05, 3.63) is 65.7 Å². The van der Waals surface area contributed by atoms with Gasteiger partial charge in [-0.25, -0.2) is 4.79 Å². The summed E-state index contributed by atoms with van der Waals surface area (Å²) in [5, 5.41) is 16.0. The molecule has 5 nitrogen and oxygen atoms in total. The maximum atomic E-state index is 12.2. The number of nitrogens with one attached hydrogen (secondary N) is 2. The molecule has 0 radical (unpaired) electrons. The van der Waals surface area contributed by atoms with Crippen molar-refractivity contribution >= 4 is 11.7 Å². The number of urea groups is 1. The lowest BCUT2D eigenvalue weighted by Gasteiger charge is -2.23. The van der Waals surface area contributed by atoms with Gasteiger partial charge >= 0.3 is 6.03 Å². The van der Waals surface area contributed by atoms with Gasteiger partial charge in [0.1, 0.15) is 0 Å². The lowest BCUT2D eigenvalue weighted by atomic mass is 10.1. The molecule has 0 fully saturated rings. The van der Waals surface area contributed by atoms with Gasteiger partial charge in [0.2, 0.25) is 0 Å². The highest BCUT2D eigenvalue weighted by Gasteiger charge is 2.31. The molecule has 26 heavy (non-hydrogen) atoms. The molecule has 2 aromatic rings. The van der Waals surface area contributed by atoms with Gasteiger partial charge in [-0.2, -0.15) is 0 Å². The van der Waals surface area contributed by atoms with Crippen molar-refractivity contribution in [1.82, 2.24) is 10.6 Å². The van der Waals surface area contributed by atoms with Crippen molar-refractivity contribution in [2.24, 2.45) is 0 Å². The first-order chi connectivity index (χ1) is 12.7. The third kappa shape index (κ3) is 4.35. The number of para-hydroxylation sites is 1. The van der Waals surface area contributed by atoms with Crippen LogP contribution in [0.25, 0.3) is 0 Å². The third-order valence-corrected chi connectivity index (χ3v) is 4.88. The van der Waals surface area contributed by atoms with Crippen molar-refractivity contribution in [3.63, 3.8) is 0 Å². The zero-order chi connectivity index (χ0) is 18.4. The number of carbonyl (C=O) groups excluding carboxylic acids is 1. The summed E-state index contributed by atoms with van der Waals surface area (Å²) >= 11 is 0. The molecule has 2 amide bonds. The molecule has 3 N–H and O–H groups in total. The van der Waals surface area contributed by atoms with Crippen LogP contribution in [0.15, 0.2) is 54.6 Å². The smallest absolute Gasteiger partial charge is 0.315 e. The predicted molar refractivity (Wildman–Crippen MR) is 104 cm³/mol. The number of nitrogens with zero attached hydrogens (tertiary/aromatic N) is 1. The highest BCUT2D eigenvalue weighted by Crippen LogP contribution is 2.30. The first-order valence-corrected chi connectivity index (χ1v) is 9.29. The number of anilines is 1. The number of carbonyl (C=O) groups is 1. The van der Waals surface area contributed by atoms with Crippen LogP contribution >= 0.6 is 0 Å². The summed E-state index contributed by atoms with van der Waals surface area (Å²) in [5.41, 5.74) is 3.31. The zero-order valence-corrected chi connectivity index (χ0v) is 15.2. The first-order valence-electron chi connectivity index (χ1n) is 9.29. The van der Waals surface area contributed by atoms with Gasteiger partial charge in [-0.05, 0) is 36.6 Å². The van der Waals surface area contributed by atoms with Gasteiger partial charge in [-0.1, -0.05) is 42.5 Å². The first kappa shape index (κ1) is 18.3. The predicted octanol–water partition coefficient (Wildman–Crippen LogP) is 2.86. The second kappa shape index (κ2) is 8.72. The van der Waals surface area contributed by atoms with E-state index in [1.807, 2.05) is 42.5 Å².